The summed E-state index contributed by atoms with van der Waals surface area (Å²) < 4.78 is 10.7. The van der Waals surface area contributed by atoms with Crippen molar-refractivity contribution in [3.8, 4) is 11.5 Å². The molecule has 4 nitrogen and oxygen atoms in total. The van der Waals surface area contributed by atoms with Gasteiger partial charge in [0.05, 0.1) is 6.10 Å². The van der Waals surface area contributed by atoms with Gasteiger partial charge in [0.1, 0.15) is 0 Å². The third-order valence-corrected chi connectivity index (χ3v) is 4.16. The molecule has 1 aromatic carbocycles. The second-order valence-corrected chi connectivity index (χ2v) is 5.97. The van der Waals surface area contributed by atoms with Crippen LogP contribution in [-0.4, -0.2) is 36.4 Å². The molecule has 124 valence electrons. The fraction of sp³-hybridized carbons (Fsp3) is 0.667. The van der Waals surface area contributed by atoms with Crippen molar-refractivity contribution in [2.45, 2.75) is 52.1 Å². The van der Waals surface area contributed by atoms with Gasteiger partial charge in [0.2, 0.25) is 6.79 Å². The zero-order chi connectivity index (χ0) is 15.8. The number of ether oxygens (including phenoxy) is 2. The third kappa shape index (κ3) is 4.89. The molecule has 1 aromatic rings. The quantitative estimate of drug-likeness (QED) is 0.715. The van der Waals surface area contributed by atoms with Crippen LogP contribution in [0.5, 0.6) is 11.5 Å². The van der Waals surface area contributed by atoms with Crippen molar-refractivity contribution in [3.05, 3.63) is 23.8 Å². The van der Waals surface area contributed by atoms with Gasteiger partial charge in [-0.05, 0) is 50.0 Å². The maximum Gasteiger partial charge on any atom is 0.231 e. The first kappa shape index (κ1) is 17.1. The Labute approximate surface area is 134 Å². The number of fused-ring (bicyclic) bond motifs is 1. The molecule has 0 fully saturated rings. The number of rotatable bonds is 10. The molecule has 1 N–H and O–H groups in total. The van der Waals surface area contributed by atoms with E-state index in [1.165, 1.54) is 25.7 Å². The van der Waals surface area contributed by atoms with E-state index in [0.717, 1.165) is 43.1 Å². The minimum atomic E-state index is -0.444. The molecule has 1 unspecified atom stereocenters. The van der Waals surface area contributed by atoms with Crippen LogP contribution in [0.1, 0.15) is 57.6 Å². The van der Waals surface area contributed by atoms with Crippen LogP contribution < -0.4 is 9.47 Å². The van der Waals surface area contributed by atoms with Gasteiger partial charge in [-0.15, -0.1) is 0 Å². The molecule has 4 heteroatoms. The lowest BCUT2D eigenvalue weighted by atomic mass is 10.1. The first-order valence-electron chi connectivity index (χ1n) is 8.54. The lowest BCUT2D eigenvalue weighted by Gasteiger charge is -2.23. The number of hydrogen-bond acceptors (Lipinski definition) is 4. The van der Waals surface area contributed by atoms with Gasteiger partial charge in [-0.2, -0.15) is 0 Å². The Bertz CT molecular complexity index is 442. The molecule has 0 radical (unpaired) electrons. The maximum atomic E-state index is 10.4. The number of unbranched alkanes of at least 4 members (excludes halogenated alkanes) is 2. The molecule has 0 saturated carbocycles. The van der Waals surface area contributed by atoms with E-state index in [4.69, 9.17) is 9.47 Å². The van der Waals surface area contributed by atoms with Gasteiger partial charge in [0.15, 0.2) is 11.5 Å². The Balaban J connectivity index is 1.85. The Morgan fingerprint density at radius 3 is 2.41 bits per heavy atom. The van der Waals surface area contributed by atoms with Crippen molar-refractivity contribution in [1.82, 2.24) is 4.90 Å². The van der Waals surface area contributed by atoms with E-state index >= 15 is 0 Å². The second kappa shape index (κ2) is 9.01. The molecule has 1 atom stereocenters. The molecule has 0 amide bonds. The van der Waals surface area contributed by atoms with E-state index in [1.807, 2.05) is 18.2 Å². The van der Waals surface area contributed by atoms with Crippen LogP contribution in [0.2, 0.25) is 0 Å². The van der Waals surface area contributed by atoms with Gasteiger partial charge in [-0.1, -0.05) is 32.8 Å². The molecular weight excluding hydrogens is 278 g/mol. The molecule has 0 aliphatic carbocycles. The van der Waals surface area contributed by atoms with Crippen LogP contribution in [-0.2, 0) is 0 Å². The molecule has 1 heterocycles. The molecule has 2 rings (SSSR count). The standard InChI is InChI=1S/C18H29NO3/c1-3-5-10-19(11-6-4-2)12-9-16(20)15-7-8-17-18(13-15)22-14-21-17/h7-8,13,16,20H,3-6,9-12,14H2,1-2H3. The molecule has 0 saturated heterocycles. The van der Waals surface area contributed by atoms with Crippen molar-refractivity contribution in [3.63, 3.8) is 0 Å². The van der Waals surface area contributed by atoms with Crippen molar-refractivity contribution in [1.29, 1.82) is 0 Å². The Hall–Kier alpha value is -1.26. The number of aliphatic hydroxyl groups is 1. The first-order valence-corrected chi connectivity index (χ1v) is 8.54. The number of aliphatic hydroxyl groups excluding tert-OH is 1. The van der Waals surface area contributed by atoms with Crippen LogP contribution in [0.4, 0.5) is 0 Å². The van der Waals surface area contributed by atoms with Crippen LogP contribution in [0.15, 0.2) is 18.2 Å². The minimum Gasteiger partial charge on any atom is -0.454 e. The first-order chi connectivity index (χ1) is 10.7. The lowest BCUT2D eigenvalue weighted by molar-refractivity contribution is 0.140. The summed E-state index contributed by atoms with van der Waals surface area (Å²) in [4.78, 5) is 2.48. The van der Waals surface area contributed by atoms with Crippen molar-refractivity contribution in [2.24, 2.45) is 0 Å². The molecule has 0 aromatic heterocycles. The van der Waals surface area contributed by atoms with Gasteiger partial charge < -0.3 is 19.5 Å². The highest BCUT2D eigenvalue weighted by molar-refractivity contribution is 5.45. The monoisotopic (exact) mass is 307 g/mol. The zero-order valence-electron chi connectivity index (χ0n) is 13.9. The van der Waals surface area contributed by atoms with Gasteiger partial charge in [-0.25, -0.2) is 0 Å². The van der Waals surface area contributed by atoms with Crippen LogP contribution in [0, 0.1) is 0 Å². The van der Waals surface area contributed by atoms with E-state index in [0.29, 0.717) is 0 Å². The molecular formula is C18H29NO3. The van der Waals surface area contributed by atoms with E-state index in [2.05, 4.69) is 18.7 Å². The van der Waals surface area contributed by atoms with Crippen LogP contribution in [0.25, 0.3) is 0 Å². The predicted molar refractivity (Wildman–Crippen MR) is 88.4 cm³/mol. The highest BCUT2D eigenvalue weighted by Crippen LogP contribution is 2.34. The highest BCUT2D eigenvalue weighted by Gasteiger charge is 2.17. The Morgan fingerprint density at radius 1 is 1.05 bits per heavy atom. The van der Waals surface area contributed by atoms with Gasteiger partial charge in [0, 0.05) is 6.54 Å². The zero-order valence-corrected chi connectivity index (χ0v) is 13.9. The third-order valence-electron chi connectivity index (χ3n) is 4.16. The number of hydrogen-bond donors (Lipinski definition) is 1. The van der Waals surface area contributed by atoms with Crippen LogP contribution >= 0.6 is 0 Å². The summed E-state index contributed by atoms with van der Waals surface area (Å²) in [6.45, 7) is 7.92. The van der Waals surface area contributed by atoms with E-state index < -0.39 is 6.10 Å². The van der Waals surface area contributed by atoms with Crippen LogP contribution in [0.3, 0.4) is 0 Å². The molecule has 1 aliphatic heterocycles. The Kier molecular flexibility index (Phi) is 7.00. The number of benzene rings is 1. The van der Waals surface area contributed by atoms with Crippen molar-refractivity contribution >= 4 is 0 Å². The van der Waals surface area contributed by atoms with Gasteiger partial charge in [0.25, 0.3) is 0 Å². The van der Waals surface area contributed by atoms with Gasteiger partial charge in [-0.3, -0.25) is 0 Å². The summed E-state index contributed by atoms with van der Waals surface area (Å²) in [7, 11) is 0. The average Bonchev–Trinajstić information content (AvgIpc) is 3.01. The van der Waals surface area contributed by atoms with Gasteiger partial charge >= 0.3 is 0 Å². The largest absolute Gasteiger partial charge is 0.454 e. The fourth-order valence-corrected chi connectivity index (χ4v) is 2.69. The molecule has 22 heavy (non-hydrogen) atoms. The summed E-state index contributed by atoms with van der Waals surface area (Å²) in [6, 6.07) is 5.71. The Morgan fingerprint density at radius 2 is 1.73 bits per heavy atom. The predicted octanol–water partition coefficient (Wildman–Crippen LogP) is 3.74. The minimum absolute atomic E-state index is 0.274. The van der Waals surface area contributed by atoms with E-state index in [1.54, 1.807) is 0 Å². The SMILES string of the molecule is CCCCN(CCCC)CCC(O)c1ccc2c(c1)OCO2. The summed E-state index contributed by atoms with van der Waals surface area (Å²) in [5, 5.41) is 10.4. The summed E-state index contributed by atoms with van der Waals surface area (Å²) in [6.07, 6.45) is 5.20. The molecule has 0 spiro atoms. The van der Waals surface area contributed by atoms with E-state index in [9.17, 15) is 5.11 Å². The lowest BCUT2D eigenvalue weighted by Crippen LogP contribution is -2.28. The topological polar surface area (TPSA) is 41.9 Å². The fourth-order valence-electron chi connectivity index (χ4n) is 2.69. The summed E-state index contributed by atoms with van der Waals surface area (Å²) >= 11 is 0. The highest BCUT2D eigenvalue weighted by atomic mass is 16.7. The molecule has 0 bridgehead atoms. The average molecular weight is 307 g/mol. The summed E-state index contributed by atoms with van der Waals surface area (Å²) in [5.74, 6) is 1.51. The smallest absolute Gasteiger partial charge is 0.231 e. The molecule has 1 aliphatic rings. The normalized spacial score (nSPS) is 14.5. The second-order valence-electron chi connectivity index (χ2n) is 5.97. The number of nitrogens with zero attached hydrogens (tertiary/aromatic N) is 1. The summed E-state index contributed by atoms with van der Waals surface area (Å²) in [5.41, 5.74) is 0.912. The van der Waals surface area contributed by atoms with E-state index in [-0.39, 0.29) is 6.79 Å². The van der Waals surface area contributed by atoms with Crippen molar-refractivity contribution in [2.75, 3.05) is 26.4 Å². The maximum absolute atomic E-state index is 10.4. The van der Waals surface area contributed by atoms with Crippen molar-refractivity contribution < 1.29 is 14.6 Å².